The van der Waals surface area contributed by atoms with Crippen LogP contribution >= 0.6 is 11.3 Å². The van der Waals surface area contributed by atoms with Gasteiger partial charge in [0.1, 0.15) is 0 Å². The summed E-state index contributed by atoms with van der Waals surface area (Å²) in [6, 6.07) is 9.56. The molecular weight excluding hydrogens is 362 g/mol. The summed E-state index contributed by atoms with van der Waals surface area (Å²) in [5.74, 6) is 0.205. The Bertz CT molecular complexity index is 900. The highest BCUT2D eigenvalue weighted by molar-refractivity contribution is 7.22. The fraction of sp³-hybridized carbons (Fsp3) is 0.400. The van der Waals surface area contributed by atoms with Gasteiger partial charge in [-0.1, -0.05) is 23.5 Å². The molecule has 0 aliphatic carbocycles. The first kappa shape index (κ1) is 18.2. The number of fused-ring (bicyclic) bond motifs is 1. The van der Waals surface area contributed by atoms with Crippen LogP contribution in [0.1, 0.15) is 22.5 Å². The number of ether oxygens (including phenoxy) is 1. The second-order valence-corrected chi connectivity index (χ2v) is 7.67. The van der Waals surface area contributed by atoms with Gasteiger partial charge in [-0.05, 0) is 37.1 Å². The van der Waals surface area contributed by atoms with E-state index in [1.807, 2.05) is 25.1 Å². The molecule has 1 saturated heterocycles. The second kappa shape index (κ2) is 8.21. The summed E-state index contributed by atoms with van der Waals surface area (Å²) in [6.45, 7) is 7.06. The van der Waals surface area contributed by atoms with Crippen molar-refractivity contribution in [3.63, 3.8) is 0 Å². The van der Waals surface area contributed by atoms with Gasteiger partial charge in [0.05, 0.1) is 29.7 Å². The van der Waals surface area contributed by atoms with Crippen LogP contribution in [-0.4, -0.2) is 55.2 Å². The first-order chi connectivity index (χ1) is 13.2. The lowest BCUT2D eigenvalue weighted by molar-refractivity contribution is 0.0376. The van der Waals surface area contributed by atoms with E-state index < -0.39 is 0 Å². The largest absolute Gasteiger partial charge is 0.459 e. The summed E-state index contributed by atoms with van der Waals surface area (Å²) >= 11 is 1.55. The number of hydrogen-bond donors (Lipinski definition) is 0. The number of amides is 1. The number of nitrogens with zero attached hydrogens (tertiary/aromatic N) is 3. The van der Waals surface area contributed by atoms with E-state index in [4.69, 9.17) is 14.1 Å². The standard InChI is InChI=1S/C20H23N3O3S/c1-15-5-2-7-17-18(15)21-20(27-17)23(19(24)16-6-3-12-26-16)9-4-8-22-10-13-25-14-11-22/h2-3,5-7,12H,4,8-11,13-14H2,1H3. The van der Waals surface area contributed by atoms with Gasteiger partial charge in [-0.25, -0.2) is 4.98 Å². The summed E-state index contributed by atoms with van der Waals surface area (Å²) in [5.41, 5.74) is 2.08. The van der Waals surface area contributed by atoms with Crippen molar-refractivity contribution in [2.45, 2.75) is 13.3 Å². The number of anilines is 1. The number of para-hydroxylation sites is 1. The molecule has 6 nitrogen and oxygen atoms in total. The Morgan fingerprint density at radius 2 is 2.11 bits per heavy atom. The summed E-state index contributed by atoms with van der Waals surface area (Å²) in [4.78, 5) is 21.9. The first-order valence-electron chi connectivity index (χ1n) is 9.24. The number of carbonyl (C=O) groups excluding carboxylic acids is 1. The SMILES string of the molecule is Cc1cccc2sc(N(CCCN3CCOCC3)C(=O)c3ccco3)nc12. The molecule has 1 aliphatic heterocycles. The predicted molar refractivity (Wildman–Crippen MR) is 107 cm³/mol. The van der Waals surface area contributed by atoms with Gasteiger partial charge in [0, 0.05) is 26.2 Å². The molecule has 1 aromatic carbocycles. The molecule has 4 rings (SSSR count). The molecule has 1 amide bonds. The van der Waals surface area contributed by atoms with Crippen LogP contribution < -0.4 is 4.90 Å². The highest BCUT2D eigenvalue weighted by Crippen LogP contribution is 2.31. The molecule has 1 fully saturated rings. The molecule has 27 heavy (non-hydrogen) atoms. The van der Waals surface area contributed by atoms with Crippen LogP contribution in [0.3, 0.4) is 0 Å². The number of benzene rings is 1. The van der Waals surface area contributed by atoms with Crippen molar-refractivity contribution in [1.29, 1.82) is 0 Å². The highest BCUT2D eigenvalue weighted by atomic mass is 32.1. The van der Waals surface area contributed by atoms with Gasteiger partial charge in [-0.15, -0.1) is 0 Å². The first-order valence-corrected chi connectivity index (χ1v) is 10.1. The van der Waals surface area contributed by atoms with Gasteiger partial charge >= 0.3 is 0 Å². The van der Waals surface area contributed by atoms with E-state index in [0.717, 1.165) is 60.2 Å². The maximum Gasteiger partial charge on any atom is 0.295 e. The molecule has 0 unspecified atom stereocenters. The average Bonchev–Trinajstić information content (AvgIpc) is 3.36. The number of aryl methyl sites for hydroxylation is 1. The molecule has 1 aliphatic rings. The smallest absolute Gasteiger partial charge is 0.295 e. The summed E-state index contributed by atoms with van der Waals surface area (Å²) in [6.07, 6.45) is 2.41. The Balaban J connectivity index is 1.55. The molecule has 2 aromatic heterocycles. The van der Waals surface area contributed by atoms with E-state index in [2.05, 4.69) is 4.90 Å². The number of furan rings is 1. The summed E-state index contributed by atoms with van der Waals surface area (Å²) < 4.78 is 11.8. The van der Waals surface area contributed by atoms with E-state index in [0.29, 0.717) is 12.3 Å². The van der Waals surface area contributed by atoms with Crippen LogP contribution in [0, 0.1) is 6.92 Å². The van der Waals surface area contributed by atoms with Crippen LogP contribution in [-0.2, 0) is 4.74 Å². The fourth-order valence-electron chi connectivity index (χ4n) is 3.28. The van der Waals surface area contributed by atoms with Crippen LogP contribution in [0.4, 0.5) is 5.13 Å². The second-order valence-electron chi connectivity index (χ2n) is 6.66. The van der Waals surface area contributed by atoms with Gasteiger partial charge in [0.2, 0.25) is 0 Å². The lowest BCUT2D eigenvalue weighted by Crippen LogP contribution is -2.39. The maximum absolute atomic E-state index is 13.0. The average molecular weight is 385 g/mol. The van der Waals surface area contributed by atoms with Crippen molar-refractivity contribution in [3.8, 4) is 0 Å². The molecule has 0 atom stereocenters. The molecule has 0 bridgehead atoms. The fourth-order valence-corrected chi connectivity index (χ4v) is 4.35. The Kier molecular flexibility index (Phi) is 5.52. The number of rotatable bonds is 6. The minimum atomic E-state index is -0.140. The zero-order valence-corrected chi connectivity index (χ0v) is 16.2. The molecule has 0 spiro atoms. The molecule has 0 saturated carbocycles. The summed E-state index contributed by atoms with van der Waals surface area (Å²) in [7, 11) is 0. The van der Waals surface area contributed by atoms with Crippen LogP contribution in [0.5, 0.6) is 0 Å². The van der Waals surface area contributed by atoms with Gasteiger partial charge in [-0.3, -0.25) is 14.6 Å². The third-order valence-corrected chi connectivity index (χ3v) is 5.82. The molecular formula is C20H23N3O3S. The van der Waals surface area contributed by atoms with Gasteiger partial charge < -0.3 is 9.15 Å². The van der Waals surface area contributed by atoms with E-state index >= 15 is 0 Å². The maximum atomic E-state index is 13.0. The molecule has 0 radical (unpaired) electrons. The van der Waals surface area contributed by atoms with Crippen molar-refractivity contribution in [2.75, 3.05) is 44.3 Å². The van der Waals surface area contributed by atoms with Crippen molar-refractivity contribution < 1.29 is 13.9 Å². The Morgan fingerprint density at radius 1 is 1.26 bits per heavy atom. The Morgan fingerprint density at radius 3 is 2.85 bits per heavy atom. The van der Waals surface area contributed by atoms with Crippen LogP contribution in [0.2, 0.25) is 0 Å². The molecule has 3 aromatic rings. The molecule has 3 heterocycles. The van der Waals surface area contributed by atoms with Gasteiger partial charge in [-0.2, -0.15) is 0 Å². The number of morpholine rings is 1. The van der Waals surface area contributed by atoms with Crippen molar-refractivity contribution in [3.05, 3.63) is 47.9 Å². The van der Waals surface area contributed by atoms with E-state index in [9.17, 15) is 4.79 Å². The third kappa shape index (κ3) is 4.05. The topological polar surface area (TPSA) is 58.8 Å². The minimum Gasteiger partial charge on any atom is -0.459 e. The molecule has 142 valence electrons. The van der Waals surface area contributed by atoms with E-state index in [1.54, 1.807) is 28.4 Å². The zero-order chi connectivity index (χ0) is 18.6. The number of hydrogen-bond acceptors (Lipinski definition) is 6. The number of carbonyl (C=O) groups is 1. The number of thiazole rings is 1. The van der Waals surface area contributed by atoms with E-state index in [1.165, 1.54) is 6.26 Å². The zero-order valence-electron chi connectivity index (χ0n) is 15.4. The van der Waals surface area contributed by atoms with Crippen LogP contribution in [0.25, 0.3) is 10.2 Å². The third-order valence-electron chi connectivity index (χ3n) is 4.78. The van der Waals surface area contributed by atoms with E-state index in [-0.39, 0.29) is 5.91 Å². The van der Waals surface area contributed by atoms with Crippen LogP contribution in [0.15, 0.2) is 41.0 Å². The summed E-state index contributed by atoms with van der Waals surface area (Å²) in [5, 5.41) is 0.725. The monoisotopic (exact) mass is 385 g/mol. The lowest BCUT2D eigenvalue weighted by Gasteiger charge is -2.27. The minimum absolute atomic E-state index is 0.140. The molecule has 0 N–H and O–H groups in total. The Hall–Kier alpha value is -2.22. The van der Waals surface area contributed by atoms with Crippen molar-refractivity contribution in [2.24, 2.45) is 0 Å². The van der Waals surface area contributed by atoms with Crippen molar-refractivity contribution >= 4 is 32.6 Å². The Labute approximate surface area is 162 Å². The lowest BCUT2D eigenvalue weighted by atomic mass is 10.2. The van der Waals surface area contributed by atoms with Gasteiger partial charge in [0.15, 0.2) is 10.9 Å². The highest BCUT2D eigenvalue weighted by Gasteiger charge is 2.23. The normalized spacial score (nSPS) is 15.3. The van der Waals surface area contributed by atoms with Gasteiger partial charge in [0.25, 0.3) is 5.91 Å². The quantitative estimate of drug-likeness (QED) is 0.649. The van der Waals surface area contributed by atoms with Crippen molar-refractivity contribution in [1.82, 2.24) is 9.88 Å². The predicted octanol–water partition coefficient (Wildman–Crippen LogP) is 3.57. The number of aromatic nitrogens is 1. The molecule has 7 heteroatoms.